The normalized spacial score (nSPS) is 14.7. The molecule has 3 nitrogen and oxygen atoms in total. The smallest absolute Gasteiger partial charge is 0.317 e. The maximum absolute atomic E-state index is 11.9. The molecule has 0 saturated heterocycles. The summed E-state index contributed by atoms with van der Waals surface area (Å²) in [5, 5.41) is 2.96. The van der Waals surface area contributed by atoms with Crippen LogP contribution in [-0.2, 0) is 0 Å². The van der Waals surface area contributed by atoms with Gasteiger partial charge in [-0.2, -0.15) is 0 Å². The van der Waals surface area contributed by atoms with E-state index >= 15 is 0 Å². The van der Waals surface area contributed by atoms with Crippen LogP contribution in [0.25, 0.3) is 0 Å². The minimum atomic E-state index is -0.178. The van der Waals surface area contributed by atoms with Crippen molar-refractivity contribution in [2.45, 2.75) is 60.0 Å². The molecule has 90 valence electrons. The van der Waals surface area contributed by atoms with Crippen molar-refractivity contribution in [2.24, 2.45) is 5.41 Å². The van der Waals surface area contributed by atoms with E-state index in [0.717, 1.165) is 0 Å². The standard InChI is InChI=1S/C12H26N2O/c1-9(11(2,3)4)14(8)10(15)13-12(5,6)7/h9H,1-8H3,(H,13,15). The molecular weight excluding hydrogens is 188 g/mol. The molecule has 0 aromatic heterocycles. The summed E-state index contributed by atoms with van der Waals surface area (Å²) in [6, 6.07) is 0.199. The molecule has 0 aliphatic rings. The van der Waals surface area contributed by atoms with Gasteiger partial charge >= 0.3 is 6.03 Å². The highest BCUT2D eigenvalue weighted by Crippen LogP contribution is 2.23. The first kappa shape index (κ1) is 14.3. The fourth-order valence-electron chi connectivity index (χ4n) is 1.17. The molecule has 0 heterocycles. The molecule has 0 aromatic rings. The Hall–Kier alpha value is -0.730. The number of carbonyl (C=O) groups excluding carboxylic acids is 1. The fraction of sp³-hybridized carbons (Fsp3) is 0.917. The zero-order chi connectivity index (χ0) is 12.4. The molecule has 1 unspecified atom stereocenters. The molecule has 0 fully saturated rings. The van der Waals surface area contributed by atoms with Crippen molar-refractivity contribution >= 4 is 6.03 Å². The van der Waals surface area contributed by atoms with Crippen LogP contribution in [-0.4, -0.2) is 29.6 Å². The SMILES string of the molecule is CC(N(C)C(=O)NC(C)(C)C)C(C)(C)C. The molecule has 0 rings (SSSR count). The predicted octanol–water partition coefficient (Wildman–Crippen LogP) is 2.86. The second kappa shape index (κ2) is 4.42. The lowest BCUT2D eigenvalue weighted by atomic mass is 9.87. The highest BCUT2D eigenvalue weighted by Gasteiger charge is 2.28. The lowest BCUT2D eigenvalue weighted by Gasteiger charge is -2.37. The summed E-state index contributed by atoms with van der Waals surface area (Å²) in [6.07, 6.45) is 0. The number of nitrogens with zero attached hydrogens (tertiary/aromatic N) is 1. The summed E-state index contributed by atoms with van der Waals surface area (Å²) in [4.78, 5) is 13.6. The Labute approximate surface area is 94.2 Å². The zero-order valence-corrected chi connectivity index (χ0v) is 11.4. The van der Waals surface area contributed by atoms with E-state index in [1.807, 2.05) is 27.8 Å². The van der Waals surface area contributed by atoms with Gasteiger partial charge in [-0.1, -0.05) is 20.8 Å². The van der Waals surface area contributed by atoms with Gasteiger partial charge in [0.25, 0.3) is 0 Å². The fourth-order valence-corrected chi connectivity index (χ4v) is 1.17. The molecule has 2 amide bonds. The molecule has 0 saturated carbocycles. The molecule has 0 spiro atoms. The van der Waals surface area contributed by atoms with Crippen molar-refractivity contribution in [3.63, 3.8) is 0 Å². The molecule has 1 atom stereocenters. The van der Waals surface area contributed by atoms with Gasteiger partial charge in [0.15, 0.2) is 0 Å². The third-order valence-electron chi connectivity index (χ3n) is 2.64. The number of hydrogen-bond donors (Lipinski definition) is 1. The molecular formula is C12H26N2O. The average Bonchev–Trinajstić information content (AvgIpc) is 1.96. The summed E-state index contributed by atoms with van der Waals surface area (Å²) in [7, 11) is 1.84. The molecule has 0 aliphatic carbocycles. The topological polar surface area (TPSA) is 32.3 Å². The monoisotopic (exact) mass is 214 g/mol. The van der Waals surface area contributed by atoms with Gasteiger partial charge in [-0.25, -0.2) is 4.79 Å². The number of urea groups is 1. The maximum Gasteiger partial charge on any atom is 0.317 e. The van der Waals surface area contributed by atoms with Gasteiger partial charge < -0.3 is 10.2 Å². The van der Waals surface area contributed by atoms with Crippen molar-refractivity contribution in [1.29, 1.82) is 0 Å². The first-order chi connectivity index (χ1) is 6.45. The van der Waals surface area contributed by atoms with Crippen LogP contribution in [0.2, 0.25) is 0 Å². The van der Waals surface area contributed by atoms with E-state index in [-0.39, 0.29) is 23.0 Å². The van der Waals surface area contributed by atoms with E-state index in [1.165, 1.54) is 0 Å². The van der Waals surface area contributed by atoms with E-state index in [4.69, 9.17) is 0 Å². The van der Waals surface area contributed by atoms with Gasteiger partial charge in [0, 0.05) is 18.6 Å². The Bertz CT molecular complexity index is 223. The lowest BCUT2D eigenvalue weighted by Crippen LogP contribution is -2.52. The summed E-state index contributed by atoms with van der Waals surface area (Å²) < 4.78 is 0. The van der Waals surface area contributed by atoms with E-state index in [0.29, 0.717) is 0 Å². The molecule has 0 aliphatic heterocycles. The Balaban J connectivity index is 4.46. The summed E-state index contributed by atoms with van der Waals surface area (Å²) in [5.41, 5.74) is -0.0765. The van der Waals surface area contributed by atoms with Gasteiger partial charge in [-0.15, -0.1) is 0 Å². The van der Waals surface area contributed by atoms with E-state index in [9.17, 15) is 4.79 Å². The number of rotatable bonds is 1. The molecule has 3 heteroatoms. The van der Waals surface area contributed by atoms with Crippen LogP contribution in [0.5, 0.6) is 0 Å². The van der Waals surface area contributed by atoms with Gasteiger partial charge in [0.05, 0.1) is 0 Å². The van der Waals surface area contributed by atoms with Gasteiger partial charge in [0.2, 0.25) is 0 Å². The van der Waals surface area contributed by atoms with Gasteiger partial charge in [-0.05, 0) is 33.1 Å². The first-order valence-electron chi connectivity index (χ1n) is 5.50. The minimum absolute atomic E-state index is 0.00933. The van der Waals surface area contributed by atoms with Crippen molar-refractivity contribution < 1.29 is 4.79 Å². The highest BCUT2D eigenvalue weighted by molar-refractivity contribution is 5.75. The second-order valence-corrected chi connectivity index (χ2v) is 6.33. The van der Waals surface area contributed by atoms with Crippen LogP contribution in [0.3, 0.4) is 0 Å². The van der Waals surface area contributed by atoms with Crippen molar-refractivity contribution in [3.8, 4) is 0 Å². The van der Waals surface area contributed by atoms with E-state index in [1.54, 1.807) is 4.90 Å². The van der Waals surface area contributed by atoms with Gasteiger partial charge in [0.1, 0.15) is 0 Å². The number of carbonyl (C=O) groups is 1. The molecule has 0 radical (unpaired) electrons. The van der Waals surface area contributed by atoms with Crippen molar-refractivity contribution in [1.82, 2.24) is 10.2 Å². The Morgan fingerprint density at radius 1 is 1.13 bits per heavy atom. The number of nitrogens with one attached hydrogen (secondary N) is 1. The second-order valence-electron chi connectivity index (χ2n) is 6.33. The molecule has 1 N–H and O–H groups in total. The molecule has 0 aromatic carbocycles. The Kier molecular flexibility index (Phi) is 4.20. The van der Waals surface area contributed by atoms with Gasteiger partial charge in [-0.3, -0.25) is 0 Å². The lowest BCUT2D eigenvalue weighted by molar-refractivity contribution is 0.140. The maximum atomic E-state index is 11.9. The number of amides is 2. The van der Waals surface area contributed by atoms with Crippen LogP contribution >= 0.6 is 0 Å². The van der Waals surface area contributed by atoms with Crippen LogP contribution in [0, 0.1) is 5.41 Å². The third-order valence-corrected chi connectivity index (χ3v) is 2.64. The van der Waals surface area contributed by atoms with Crippen molar-refractivity contribution in [3.05, 3.63) is 0 Å². The van der Waals surface area contributed by atoms with E-state index in [2.05, 4.69) is 33.0 Å². The summed E-state index contributed by atoms with van der Waals surface area (Å²) in [6.45, 7) is 14.4. The van der Waals surface area contributed by atoms with Crippen LogP contribution in [0.1, 0.15) is 48.5 Å². The quantitative estimate of drug-likeness (QED) is 0.715. The molecule has 15 heavy (non-hydrogen) atoms. The highest BCUT2D eigenvalue weighted by atomic mass is 16.2. The Morgan fingerprint density at radius 2 is 1.53 bits per heavy atom. The first-order valence-corrected chi connectivity index (χ1v) is 5.50. The zero-order valence-electron chi connectivity index (χ0n) is 11.4. The predicted molar refractivity (Wildman–Crippen MR) is 65.0 cm³/mol. The summed E-state index contributed by atoms with van der Waals surface area (Å²) in [5.74, 6) is 0. The van der Waals surface area contributed by atoms with E-state index < -0.39 is 0 Å². The van der Waals surface area contributed by atoms with Crippen LogP contribution in [0.4, 0.5) is 4.79 Å². The molecule has 0 bridgehead atoms. The van der Waals surface area contributed by atoms with Crippen LogP contribution < -0.4 is 5.32 Å². The minimum Gasteiger partial charge on any atom is -0.333 e. The third kappa shape index (κ3) is 5.05. The number of hydrogen-bond acceptors (Lipinski definition) is 1. The van der Waals surface area contributed by atoms with Crippen LogP contribution in [0.15, 0.2) is 0 Å². The largest absolute Gasteiger partial charge is 0.333 e. The summed E-state index contributed by atoms with van der Waals surface area (Å²) >= 11 is 0. The van der Waals surface area contributed by atoms with Crippen molar-refractivity contribution in [2.75, 3.05) is 7.05 Å². The Morgan fingerprint density at radius 3 is 1.80 bits per heavy atom. The average molecular weight is 214 g/mol.